The summed E-state index contributed by atoms with van der Waals surface area (Å²) in [6, 6.07) is 0. The van der Waals surface area contributed by atoms with Crippen molar-refractivity contribution in [2.24, 2.45) is 0 Å². The van der Waals surface area contributed by atoms with Gasteiger partial charge in [-0.15, -0.1) is 0 Å². The van der Waals surface area contributed by atoms with E-state index in [-0.39, 0.29) is 0 Å². The molecule has 0 aromatic heterocycles. The fraction of sp³-hybridized carbons (Fsp3) is 0.667. The van der Waals surface area contributed by atoms with Crippen molar-refractivity contribution in [3.05, 3.63) is 10.8 Å². The van der Waals surface area contributed by atoms with Crippen LogP contribution in [0.25, 0.3) is 0 Å². The Kier molecular flexibility index (Phi) is 2.74. The van der Waals surface area contributed by atoms with Crippen molar-refractivity contribution in [2.75, 3.05) is 0 Å². The molecule has 0 aromatic rings. The fourth-order valence-electron chi connectivity index (χ4n) is 0.960. The first-order chi connectivity index (χ1) is 5.16. The summed E-state index contributed by atoms with van der Waals surface area (Å²) in [4.78, 5) is -3.60. The summed E-state index contributed by atoms with van der Waals surface area (Å²) in [7, 11) is 0. The molecule has 1 heterocycles. The second kappa shape index (κ2) is 2.89. The molecular formula is C6H9Cl4OP. The Hall–Kier alpha value is 1.29. The van der Waals surface area contributed by atoms with Gasteiger partial charge in [-0.1, -0.05) is 0 Å². The summed E-state index contributed by atoms with van der Waals surface area (Å²) >= 11 is 23.5. The Morgan fingerprint density at radius 1 is 1.50 bits per heavy atom. The molecule has 1 aliphatic heterocycles. The minimum absolute atomic E-state index is 0.489. The van der Waals surface area contributed by atoms with E-state index in [0.717, 1.165) is 0 Å². The van der Waals surface area contributed by atoms with Crippen LogP contribution in [0.2, 0.25) is 0 Å². The van der Waals surface area contributed by atoms with Gasteiger partial charge >= 0.3 is 91.5 Å². The van der Waals surface area contributed by atoms with Crippen LogP contribution in [0.15, 0.2) is 10.8 Å². The molecule has 0 bridgehead atoms. The molecule has 6 heteroatoms. The van der Waals surface area contributed by atoms with Crippen LogP contribution in [-0.2, 0) is 4.52 Å². The van der Waals surface area contributed by atoms with Crippen LogP contribution in [0, 0.1) is 0 Å². The predicted molar refractivity (Wildman–Crippen MR) is 58.2 cm³/mol. The van der Waals surface area contributed by atoms with Gasteiger partial charge in [-0.3, -0.25) is 0 Å². The standard InChI is InChI=1S/C6H9Cl4OP/c1-3-6(2)5(7)4-12(8,9,10)11-6/h4H,3H2,1-2H3. The van der Waals surface area contributed by atoms with Crippen molar-refractivity contribution in [3.63, 3.8) is 0 Å². The molecule has 1 nitrogen and oxygen atoms in total. The Morgan fingerprint density at radius 3 is 2.17 bits per heavy atom. The summed E-state index contributed by atoms with van der Waals surface area (Å²) in [5, 5.41) is 0.489. The Bertz CT molecular complexity index is 244. The molecule has 12 heavy (non-hydrogen) atoms. The SMILES string of the molecule is CCC1(C)OP(Cl)(Cl)(Cl)C=C1Cl. The molecule has 0 radical (unpaired) electrons. The number of halogens is 4. The second-order valence-corrected chi connectivity index (χ2v) is 13.0. The van der Waals surface area contributed by atoms with Gasteiger partial charge < -0.3 is 0 Å². The van der Waals surface area contributed by atoms with Gasteiger partial charge in [-0.25, -0.2) is 0 Å². The molecule has 1 rings (SSSR count). The van der Waals surface area contributed by atoms with Gasteiger partial charge in [0.15, 0.2) is 0 Å². The summed E-state index contributed by atoms with van der Waals surface area (Å²) in [5.74, 6) is 1.43. The van der Waals surface area contributed by atoms with Gasteiger partial charge in [0, 0.05) is 0 Å². The molecule has 0 spiro atoms. The third kappa shape index (κ3) is 2.20. The summed E-state index contributed by atoms with van der Waals surface area (Å²) in [6.07, 6.45) is 0.687. The molecule has 0 N–H and O–H groups in total. The van der Waals surface area contributed by atoms with E-state index in [2.05, 4.69) is 0 Å². The number of rotatable bonds is 1. The van der Waals surface area contributed by atoms with Gasteiger partial charge in [-0.2, -0.15) is 0 Å². The van der Waals surface area contributed by atoms with E-state index in [1.54, 1.807) is 0 Å². The first kappa shape index (κ1) is 11.4. The first-order valence-corrected chi connectivity index (χ1v) is 8.76. The predicted octanol–water partition coefficient (Wildman–Crippen LogP) is 5.20. The van der Waals surface area contributed by atoms with Crippen molar-refractivity contribution in [1.29, 1.82) is 0 Å². The van der Waals surface area contributed by atoms with Gasteiger partial charge in [-0.05, 0) is 0 Å². The van der Waals surface area contributed by atoms with E-state index < -0.39 is 10.5 Å². The summed E-state index contributed by atoms with van der Waals surface area (Å²) in [5.41, 5.74) is -0.620. The molecule has 0 amide bonds. The zero-order valence-electron chi connectivity index (χ0n) is 6.65. The third-order valence-corrected chi connectivity index (χ3v) is 5.38. The maximum atomic E-state index is 5.91. The van der Waals surface area contributed by atoms with E-state index in [9.17, 15) is 0 Å². The molecule has 0 aromatic carbocycles. The number of hydrogen-bond acceptors (Lipinski definition) is 1. The van der Waals surface area contributed by atoms with E-state index >= 15 is 0 Å². The first-order valence-electron chi connectivity index (χ1n) is 3.44. The van der Waals surface area contributed by atoms with Crippen molar-refractivity contribution in [2.45, 2.75) is 25.9 Å². The van der Waals surface area contributed by atoms with Crippen LogP contribution in [-0.4, -0.2) is 5.60 Å². The maximum absolute atomic E-state index is 5.91. The molecule has 1 aliphatic rings. The van der Waals surface area contributed by atoms with Crippen LogP contribution >= 0.6 is 50.2 Å². The third-order valence-electron chi connectivity index (χ3n) is 1.85. The molecule has 0 saturated carbocycles. The van der Waals surface area contributed by atoms with Crippen molar-refractivity contribution in [1.82, 2.24) is 0 Å². The monoisotopic (exact) mass is 268 g/mol. The average Bonchev–Trinajstić information content (AvgIpc) is 1.99. The quantitative estimate of drug-likeness (QED) is 0.595. The van der Waals surface area contributed by atoms with Crippen molar-refractivity contribution in [3.8, 4) is 0 Å². The van der Waals surface area contributed by atoms with Gasteiger partial charge in [0.05, 0.1) is 0 Å². The number of hydrogen-bond donors (Lipinski definition) is 0. The Balaban J connectivity index is 3.04. The van der Waals surface area contributed by atoms with Crippen LogP contribution in [0.3, 0.4) is 0 Å². The van der Waals surface area contributed by atoms with Crippen LogP contribution in [0.5, 0.6) is 0 Å². The molecule has 1 atom stereocenters. The second-order valence-electron chi connectivity index (χ2n) is 2.95. The Labute approximate surface area is 91.3 Å². The van der Waals surface area contributed by atoms with Crippen LogP contribution < -0.4 is 0 Å². The normalized spacial score (nSPS) is 41.5. The van der Waals surface area contributed by atoms with Crippen molar-refractivity contribution >= 4 is 50.2 Å². The van der Waals surface area contributed by atoms with Crippen molar-refractivity contribution < 1.29 is 4.52 Å². The zero-order chi connectivity index (χ0) is 9.65. The molecule has 0 saturated heterocycles. The van der Waals surface area contributed by atoms with Gasteiger partial charge in [0.1, 0.15) is 0 Å². The fourth-order valence-corrected chi connectivity index (χ4v) is 6.04. The molecular weight excluding hydrogens is 261 g/mol. The Morgan fingerprint density at radius 2 is 2.00 bits per heavy atom. The zero-order valence-corrected chi connectivity index (χ0v) is 10.6. The minimum atomic E-state index is -3.60. The van der Waals surface area contributed by atoms with E-state index in [1.807, 2.05) is 13.8 Å². The van der Waals surface area contributed by atoms with E-state index in [1.165, 1.54) is 5.82 Å². The van der Waals surface area contributed by atoms with Crippen LogP contribution in [0.4, 0.5) is 0 Å². The topological polar surface area (TPSA) is 9.23 Å². The summed E-state index contributed by atoms with van der Waals surface area (Å²) < 4.78 is 5.39. The van der Waals surface area contributed by atoms with Gasteiger partial charge in [0.25, 0.3) is 0 Å². The average molecular weight is 270 g/mol. The van der Waals surface area contributed by atoms with E-state index in [0.29, 0.717) is 11.5 Å². The van der Waals surface area contributed by atoms with E-state index in [4.69, 9.17) is 49.8 Å². The molecule has 0 aliphatic carbocycles. The van der Waals surface area contributed by atoms with Gasteiger partial charge in [0.2, 0.25) is 0 Å². The molecule has 72 valence electrons. The molecule has 0 fully saturated rings. The summed E-state index contributed by atoms with van der Waals surface area (Å²) in [6.45, 7) is 3.74. The molecule has 1 unspecified atom stereocenters. The van der Waals surface area contributed by atoms with Crippen LogP contribution in [0.1, 0.15) is 20.3 Å².